The lowest BCUT2D eigenvalue weighted by molar-refractivity contribution is -0.151. The Bertz CT molecular complexity index is 888. The molecule has 3 fully saturated rings. The van der Waals surface area contributed by atoms with Gasteiger partial charge in [-0.3, -0.25) is 4.79 Å². The fraction of sp³-hybridized carbons (Fsp3) is 0.925. The van der Waals surface area contributed by atoms with Crippen molar-refractivity contribution in [2.24, 2.45) is 58.2 Å². The van der Waals surface area contributed by atoms with Crippen LogP contribution in [0.25, 0.3) is 0 Å². The van der Waals surface area contributed by atoms with Gasteiger partial charge < -0.3 is 4.74 Å². The third-order valence-corrected chi connectivity index (χ3v) is 14.0. The lowest BCUT2D eigenvalue weighted by Gasteiger charge is -2.47. The second-order valence-corrected chi connectivity index (χ2v) is 16.9. The zero-order valence-electron chi connectivity index (χ0n) is 29.3. The number of ether oxygens (including phenoxy) is 1. The molecule has 2 nitrogen and oxygen atoms in total. The molecule has 0 aromatic rings. The summed E-state index contributed by atoms with van der Waals surface area (Å²) in [7, 11) is 0. The number of fused-ring (bicyclic) bond motifs is 3. The minimum absolute atomic E-state index is 0.0497. The Hall–Kier alpha value is -0.790. The lowest BCUT2D eigenvalue weighted by Crippen LogP contribution is -2.40. The fourth-order valence-electron chi connectivity index (χ4n) is 11.1. The first kappa shape index (κ1) is 34.1. The standard InChI is InChI=1S/C40H70O2/c1-9-10-11-12-13-14-18-38(41)42-33-23-25-39(7)31(6)35-24-26-40(8)36(29(4)17-15-16-28(2)3)21-22-37(40)30(5)34(35)20-19-32(39)27-33/h19,28-31,33-37H,9-18,20-27H2,1-8H3/t29-,30+,31?,33+,34+,35?,36-,37?,39-,40-/m1/s1. The average Bonchev–Trinajstić information content (AvgIpc) is 3.19. The summed E-state index contributed by atoms with van der Waals surface area (Å²) in [4.78, 5) is 12.7. The van der Waals surface area contributed by atoms with Crippen LogP contribution in [0.4, 0.5) is 0 Å². The van der Waals surface area contributed by atoms with Gasteiger partial charge in [-0.05, 0) is 110 Å². The van der Waals surface area contributed by atoms with Crippen LogP contribution >= 0.6 is 0 Å². The van der Waals surface area contributed by atoms with Crippen molar-refractivity contribution in [2.75, 3.05) is 0 Å². The number of hydrogen-bond acceptors (Lipinski definition) is 2. The van der Waals surface area contributed by atoms with Crippen molar-refractivity contribution in [1.29, 1.82) is 0 Å². The van der Waals surface area contributed by atoms with Crippen LogP contribution in [-0.4, -0.2) is 12.1 Å². The topological polar surface area (TPSA) is 26.3 Å². The number of carbonyl (C=O) groups is 1. The van der Waals surface area contributed by atoms with Crippen LogP contribution in [0.5, 0.6) is 0 Å². The highest BCUT2D eigenvalue weighted by Gasteiger charge is 2.56. The van der Waals surface area contributed by atoms with Crippen molar-refractivity contribution in [3.63, 3.8) is 0 Å². The highest BCUT2D eigenvalue weighted by molar-refractivity contribution is 5.69. The third-order valence-electron chi connectivity index (χ3n) is 14.0. The number of allylic oxidation sites excluding steroid dienone is 1. The second-order valence-electron chi connectivity index (χ2n) is 16.9. The van der Waals surface area contributed by atoms with Gasteiger partial charge in [0.2, 0.25) is 0 Å². The minimum atomic E-state index is 0.0497. The van der Waals surface area contributed by atoms with Gasteiger partial charge >= 0.3 is 5.97 Å². The van der Waals surface area contributed by atoms with Crippen LogP contribution in [0.15, 0.2) is 11.6 Å². The molecule has 0 aromatic heterocycles. The van der Waals surface area contributed by atoms with E-state index in [2.05, 4.69) is 61.5 Å². The molecule has 0 aromatic carbocycles. The summed E-state index contributed by atoms with van der Waals surface area (Å²) in [6.45, 7) is 20.2. The van der Waals surface area contributed by atoms with E-state index < -0.39 is 0 Å². The number of hydrogen-bond donors (Lipinski definition) is 0. The molecule has 242 valence electrons. The molecule has 4 aliphatic carbocycles. The van der Waals surface area contributed by atoms with Gasteiger partial charge in [0.25, 0.3) is 0 Å². The number of rotatable bonds is 13. The Morgan fingerprint density at radius 1 is 0.905 bits per heavy atom. The number of esters is 1. The number of carbonyl (C=O) groups excluding carboxylic acids is 1. The SMILES string of the molecule is CCCCCCCCC(=O)O[C@H]1CC[C@@]2(C)C(=CC[C@@H]3C(CC[C@@]4(C)C(CC[C@@H]4[C@H](C)CCCC(C)C)[C@H]3C)C2C)C1. The molecule has 0 aliphatic heterocycles. The van der Waals surface area contributed by atoms with Crippen LogP contribution < -0.4 is 0 Å². The molecule has 3 saturated carbocycles. The molecule has 3 unspecified atom stereocenters. The van der Waals surface area contributed by atoms with Gasteiger partial charge in [0.05, 0.1) is 0 Å². The van der Waals surface area contributed by atoms with Gasteiger partial charge in [-0.2, -0.15) is 0 Å². The normalized spacial score (nSPS) is 39.0. The van der Waals surface area contributed by atoms with Gasteiger partial charge in [0.1, 0.15) is 6.10 Å². The Balaban J connectivity index is 1.39. The predicted molar refractivity (Wildman–Crippen MR) is 179 cm³/mol. The van der Waals surface area contributed by atoms with Crippen molar-refractivity contribution < 1.29 is 9.53 Å². The molecule has 0 bridgehead atoms. The number of unbranched alkanes of at least 4 members (excludes halogenated alkanes) is 5. The maximum atomic E-state index is 12.7. The molecule has 42 heavy (non-hydrogen) atoms. The quantitative estimate of drug-likeness (QED) is 0.123. The molecular formula is C40H70O2. The Morgan fingerprint density at radius 3 is 2.38 bits per heavy atom. The Morgan fingerprint density at radius 2 is 1.64 bits per heavy atom. The van der Waals surface area contributed by atoms with Gasteiger partial charge in [-0.15, -0.1) is 0 Å². The molecule has 4 rings (SSSR count). The van der Waals surface area contributed by atoms with E-state index in [-0.39, 0.29) is 17.5 Å². The molecule has 0 spiro atoms. The highest BCUT2D eigenvalue weighted by atomic mass is 16.5. The summed E-state index contributed by atoms with van der Waals surface area (Å²) >= 11 is 0. The van der Waals surface area contributed by atoms with E-state index in [9.17, 15) is 4.79 Å². The predicted octanol–water partition coefficient (Wildman–Crippen LogP) is 12.0. The fourth-order valence-corrected chi connectivity index (χ4v) is 11.1. The first-order chi connectivity index (χ1) is 20.0. The van der Waals surface area contributed by atoms with E-state index in [1.807, 2.05) is 0 Å². The third kappa shape index (κ3) is 7.53. The van der Waals surface area contributed by atoms with Gasteiger partial charge in [0, 0.05) is 12.8 Å². The zero-order chi connectivity index (χ0) is 30.5. The van der Waals surface area contributed by atoms with Crippen LogP contribution in [-0.2, 0) is 9.53 Å². The molecule has 10 atom stereocenters. The van der Waals surface area contributed by atoms with E-state index >= 15 is 0 Å². The second kappa shape index (κ2) is 15.0. The highest BCUT2D eigenvalue weighted by Crippen LogP contribution is 2.64. The Labute approximate surface area is 262 Å². The van der Waals surface area contributed by atoms with Gasteiger partial charge in [-0.25, -0.2) is 0 Å². The maximum Gasteiger partial charge on any atom is 0.306 e. The van der Waals surface area contributed by atoms with Crippen molar-refractivity contribution in [3.8, 4) is 0 Å². The zero-order valence-corrected chi connectivity index (χ0v) is 29.3. The summed E-state index contributed by atoms with van der Waals surface area (Å²) in [5, 5.41) is 0. The van der Waals surface area contributed by atoms with E-state index in [1.54, 1.807) is 5.57 Å². The van der Waals surface area contributed by atoms with E-state index in [4.69, 9.17) is 4.74 Å². The molecule has 0 heterocycles. The van der Waals surface area contributed by atoms with Crippen LogP contribution in [0, 0.1) is 58.2 Å². The van der Waals surface area contributed by atoms with Crippen molar-refractivity contribution in [2.45, 2.75) is 177 Å². The van der Waals surface area contributed by atoms with Crippen LogP contribution in [0.2, 0.25) is 0 Å². The molecular weight excluding hydrogens is 512 g/mol. The summed E-state index contributed by atoms with van der Waals surface area (Å²) < 4.78 is 6.11. The van der Waals surface area contributed by atoms with Crippen LogP contribution in [0.3, 0.4) is 0 Å². The first-order valence-electron chi connectivity index (χ1n) is 18.9. The largest absolute Gasteiger partial charge is 0.462 e. The van der Waals surface area contributed by atoms with E-state index in [1.165, 1.54) is 89.9 Å². The molecule has 0 radical (unpaired) electrons. The molecule has 4 aliphatic rings. The van der Waals surface area contributed by atoms with E-state index in [0.29, 0.717) is 17.8 Å². The smallest absolute Gasteiger partial charge is 0.306 e. The van der Waals surface area contributed by atoms with Crippen molar-refractivity contribution in [1.82, 2.24) is 0 Å². The van der Waals surface area contributed by atoms with Crippen LogP contribution in [0.1, 0.15) is 171 Å². The molecule has 0 saturated heterocycles. The van der Waals surface area contributed by atoms with Gasteiger partial charge in [0.15, 0.2) is 0 Å². The van der Waals surface area contributed by atoms with Crippen molar-refractivity contribution in [3.05, 3.63) is 11.6 Å². The first-order valence-corrected chi connectivity index (χ1v) is 18.9. The van der Waals surface area contributed by atoms with Crippen molar-refractivity contribution >= 4 is 5.97 Å². The van der Waals surface area contributed by atoms with Gasteiger partial charge in [-0.1, -0.05) is 118 Å². The molecule has 2 heteroatoms. The maximum absolute atomic E-state index is 12.7. The summed E-state index contributed by atoms with van der Waals surface area (Å²) in [6.07, 6.45) is 25.2. The summed E-state index contributed by atoms with van der Waals surface area (Å²) in [6, 6.07) is 0. The van der Waals surface area contributed by atoms with E-state index in [0.717, 1.165) is 60.7 Å². The average molecular weight is 583 g/mol. The summed E-state index contributed by atoms with van der Waals surface area (Å²) in [5.41, 5.74) is 2.42. The monoisotopic (exact) mass is 583 g/mol. The summed E-state index contributed by atoms with van der Waals surface area (Å²) in [5.74, 6) is 6.71. The molecule has 0 N–H and O–H groups in total. The lowest BCUT2D eigenvalue weighted by atomic mass is 9.59. The molecule has 0 amide bonds. The minimum Gasteiger partial charge on any atom is -0.462 e. The Kier molecular flexibility index (Phi) is 12.2.